The van der Waals surface area contributed by atoms with Gasteiger partial charge in [-0.05, 0) is 19.1 Å². The van der Waals surface area contributed by atoms with Gasteiger partial charge in [-0.2, -0.15) is 21.6 Å². The topological polar surface area (TPSA) is 93.8 Å². The Bertz CT molecular complexity index is 866. The molecule has 0 aliphatic heterocycles. The van der Waals surface area contributed by atoms with E-state index in [-0.39, 0.29) is 22.3 Å². The second-order valence-corrected chi connectivity index (χ2v) is 5.55. The molecule has 2 rings (SSSR count). The van der Waals surface area contributed by atoms with Crippen molar-refractivity contribution >= 4 is 21.1 Å². The highest BCUT2D eigenvalue weighted by molar-refractivity contribution is 7.88. The van der Waals surface area contributed by atoms with Crippen molar-refractivity contribution in [2.24, 2.45) is 0 Å². The molecule has 2 aromatic rings. The highest BCUT2D eigenvalue weighted by atomic mass is 32.2. The van der Waals surface area contributed by atoms with Crippen LogP contribution in [0.4, 0.5) is 13.2 Å². The van der Waals surface area contributed by atoms with E-state index in [0.717, 1.165) is 6.07 Å². The molecule has 1 aromatic heterocycles. The lowest BCUT2D eigenvalue weighted by molar-refractivity contribution is -0.0500. The average Bonchev–Trinajstić information content (AvgIpc) is 2.32. The monoisotopic (exact) mass is 324 g/mol. The number of aryl methyl sites for hydroxylation is 1. The molecule has 0 unspecified atom stereocenters. The zero-order valence-electron chi connectivity index (χ0n) is 10.3. The molecule has 10 heteroatoms. The Labute approximate surface area is 115 Å². The van der Waals surface area contributed by atoms with Crippen LogP contribution in [0.1, 0.15) is 5.56 Å². The summed E-state index contributed by atoms with van der Waals surface area (Å²) < 4.78 is 67.2. The van der Waals surface area contributed by atoms with Gasteiger partial charge in [0.25, 0.3) is 0 Å². The summed E-state index contributed by atoms with van der Waals surface area (Å²) in [6.07, 6.45) is 0. The molecule has 0 bridgehead atoms. The fourth-order valence-electron chi connectivity index (χ4n) is 1.58. The normalized spacial score (nSPS) is 12.6. The van der Waals surface area contributed by atoms with Gasteiger partial charge in [-0.3, -0.25) is 0 Å². The molecule has 0 amide bonds. The Morgan fingerprint density at radius 1 is 1.29 bits per heavy atom. The molecule has 1 N–H and O–H groups in total. The zero-order chi connectivity index (χ0) is 16.0. The van der Waals surface area contributed by atoms with Gasteiger partial charge in [0.05, 0.1) is 0 Å². The summed E-state index contributed by atoms with van der Waals surface area (Å²) in [5.41, 5.74) is -7.35. The van der Waals surface area contributed by atoms with Gasteiger partial charge < -0.3 is 13.7 Å². The first-order valence-corrected chi connectivity index (χ1v) is 6.71. The molecule has 1 aromatic carbocycles. The highest BCUT2D eigenvalue weighted by Crippen LogP contribution is 2.30. The number of phenols is 1. The van der Waals surface area contributed by atoms with Crippen LogP contribution in [0.15, 0.2) is 27.4 Å². The van der Waals surface area contributed by atoms with Crippen LogP contribution in [-0.2, 0) is 10.1 Å². The second-order valence-electron chi connectivity index (χ2n) is 4.01. The van der Waals surface area contributed by atoms with Crippen molar-refractivity contribution in [1.29, 1.82) is 0 Å². The van der Waals surface area contributed by atoms with Crippen LogP contribution in [0.2, 0.25) is 0 Å². The number of hydrogen-bond donors (Lipinski definition) is 1. The third-order valence-electron chi connectivity index (χ3n) is 2.57. The van der Waals surface area contributed by atoms with E-state index >= 15 is 0 Å². The predicted molar refractivity (Wildman–Crippen MR) is 64.5 cm³/mol. The van der Waals surface area contributed by atoms with Gasteiger partial charge in [-0.1, -0.05) is 0 Å². The molecule has 114 valence electrons. The number of halogens is 3. The van der Waals surface area contributed by atoms with Gasteiger partial charge in [0.2, 0.25) is 5.75 Å². The van der Waals surface area contributed by atoms with Gasteiger partial charge in [0, 0.05) is 17.0 Å². The third-order valence-corrected chi connectivity index (χ3v) is 3.53. The van der Waals surface area contributed by atoms with E-state index in [2.05, 4.69) is 8.60 Å². The zero-order valence-corrected chi connectivity index (χ0v) is 11.1. The van der Waals surface area contributed by atoms with Crippen molar-refractivity contribution in [1.82, 2.24) is 0 Å². The van der Waals surface area contributed by atoms with Crippen LogP contribution in [-0.4, -0.2) is 19.0 Å². The second kappa shape index (κ2) is 4.65. The maximum absolute atomic E-state index is 12.3. The smallest absolute Gasteiger partial charge is 0.508 e. The molecule has 0 aliphatic rings. The van der Waals surface area contributed by atoms with Crippen LogP contribution in [0, 0.1) is 6.92 Å². The fraction of sp³-hybridized carbons (Fsp3) is 0.182. The van der Waals surface area contributed by atoms with Gasteiger partial charge >= 0.3 is 21.3 Å². The number of hydrogen-bond acceptors (Lipinski definition) is 6. The van der Waals surface area contributed by atoms with Crippen molar-refractivity contribution < 1.29 is 35.3 Å². The first-order chi connectivity index (χ1) is 9.53. The minimum absolute atomic E-state index is 0.116. The summed E-state index contributed by atoms with van der Waals surface area (Å²) in [4.78, 5) is 11.6. The number of fused-ring (bicyclic) bond motifs is 1. The maximum atomic E-state index is 12.3. The lowest BCUT2D eigenvalue weighted by atomic mass is 10.1. The minimum atomic E-state index is -5.98. The lowest BCUT2D eigenvalue weighted by Crippen LogP contribution is -2.30. The summed E-state index contributed by atoms with van der Waals surface area (Å²) in [5, 5.41) is 9.36. The summed E-state index contributed by atoms with van der Waals surface area (Å²) in [7, 11) is -5.98. The first-order valence-electron chi connectivity index (χ1n) is 5.30. The fourth-order valence-corrected chi connectivity index (χ4v) is 2.09. The van der Waals surface area contributed by atoms with E-state index in [4.69, 9.17) is 0 Å². The van der Waals surface area contributed by atoms with E-state index in [0.29, 0.717) is 0 Å². The van der Waals surface area contributed by atoms with E-state index in [1.807, 2.05) is 0 Å². The standard InChI is InChI=1S/C11H7F3O6S/c1-5-7-3-2-6(15)4-8(7)19-10(16)9(5)20-21(17,18)11(12,13)14/h2-4,15H,1H3. The Morgan fingerprint density at radius 2 is 1.90 bits per heavy atom. The number of phenolic OH excluding ortho intramolecular Hbond substituents is 1. The first kappa shape index (κ1) is 15.2. The molecule has 0 radical (unpaired) electrons. The van der Waals surface area contributed by atoms with Crippen molar-refractivity contribution in [2.75, 3.05) is 0 Å². The Balaban J connectivity index is 2.67. The van der Waals surface area contributed by atoms with E-state index in [1.54, 1.807) is 0 Å². The summed E-state index contributed by atoms with van der Waals surface area (Å²) >= 11 is 0. The number of alkyl halides is 3. The van der Waals surface area contributed by atoms with Crippen molar-refractivity contribution in [3.63, 3.8) is 0 Å². The van der Waals surface area contributed by atoms with Crippen LogP contribution < -0.4 is 9.81 Å². The summed E-state index contributed by atoms with van der Waals surface area (Å²) in [5.74, 6) is -1.31. The van der Waals surface area contributed by atoms with E-state index < -0.39 is 27.0 Å². The van der Waals surface area contributed by atoms with Crippen molar-refractivity contribution in [3.8, 4) is 11.5 Å². The molecular formula is C11H7F3O6S. The minimum Gasteiger partial charge on any atom is -0.508 e. The molecule has 0 saturated heterocycles. The number of aromatic hydroxyl groups is 1. The Kier molecular flexibility index (Phi) is 3.36. The summed E-state index contributed by atoms with van der Waals surface area (Å²) in [6.45, 7) is 1.19. The van der Waals surface area contributed by atoms with Crippen LogP contribution in [0.25, 0.3) is 11.0 Å². The third kappa shape index (κ3) is 2.66. The average molecular weight is 324 g/mol. The SMILES string of the molecule is Cc1c(OS(=O)(=O)C(F)(F)F)c(=O)oc2cc(O)ccc12. The van der Waals surface area contributed by atoms with Gasteiger partial charge in [0.1, 0.15) is 11.3 Å². The largest absolute Gasteiger partial charge is 0.534 e. The molecule has 1 heterocycles. The predicted octanol–water partition coefficient (Wildman–Crippen LogP) is 2.04. The van der Waals surface area contributed by atoms with E-state index in [1.165, 1.54) is 19.1 Å². The highest BCUT2D eigenvalue weighted by Gasteiger charge is 2.49. The Hall–Kier alpha value is -2.23. The molecular weight excluding hydrogens is 317 g/mol. The van der Waals surface area contributed by atoms with Crippen LogP contribution in [0.5, 0.6) is 11.5 Å². The van der Waals surface area contributed by atoms with Crippen molar-refractivity contribution in [3.05, 3.63) is 34.2 Å². The summed E-state index contributed by atoms with van der Waals surface area (Å²) in [6, 6.07) is 3.50. The van der Waals surface area contributed by atoms with Crippen LogP contribution >= 0.6 is 0 Å². The van der Waals surface area contributed by atoms with Gasteiger partial charge in [-0.25, -0.2) is 4.79 Å². The molecule has 6 nitrogen and oxygen atoms in total. The molecule has 0 fully saturated rings. The number of rotatable bonds is 2. The molecule has 0 spiro atoms. The van der Waals surface area contributed by atoms with E-state index in [9.17, 15) is 31.5 Å². The molecule has 0 saturated carbocycles. The molecule has 21 heavy (non-hydrogen) atoms. The maximum Gasteiger partial charge on any atom is 0.534 e. The van der Waals surface area contributed by atoms with Gasteiger partial charge in [-0.15, -0.1) is 0 Å². The number of benzene rings is 1. The van der Waals surface area contributed by atoms with Crippen molar-refractivity contribution in [2.45, 2.75) is 12.4 Å². The molecule has 0 aliphatic carbocycles. The van der Waals surface area contributed by atoms with Gasteiger partial charge in [0.15, 0.2) is 0 Å². The lowest BCUT2D eigenvalue weighted by Gasteiger charge is -2.11. The molecule has 0 atom stereocenters. The quantitative estimate of drug-likeness (QED) is 0.516. The van der Waals surface area contributed by atoms with Crippen LogP contribution in [0.3, 0.4) is 0 Å². The Morgan fingerprint density at radius 3 is 2.48 bits per heavy atom.